The maximum absolute atomic E-state index is 11.5. The fourth-order valence-electron chi connectivity index (χ4n) is 2.23. The lowest BCUT2D eigenvalue weighted by Gasteiger charge is -2.27. The molecule has 2 N–H and O–H groups in total. The summed E-state index contributed by atoms with van der Waals surface area (Å²) in [6, 6.07) is 3.91. The largest absolute Gasteiger partial charge is 0.398 e. The first-order valence-electron chi connectivity index (χ1n) is 5.79. The maximum atomic E-state index is 11.5. The molecule has 18 heavy (non-hydrogen) atoms. The Bertz CT molecular complexity index is 572. The molecule has 0 aromatic heterocycles. The maximum Gasteiger partial charge on any atom is 0.152 e. The van der Waals surface area contributed by atoms with Gasteiger partial charge in [0.05, 0.1) is 17.2 Å². The zero-order valence-corrected chi connectivity index (χ0v) is 12.9. The summed E-state index contributed by atoms with van der Waals surface area (Å²) in [6.07, 6.45) is 0.689. The molecule has 0 amide bonds. The van der Waals surface area contributed by atoms with Gasteiger partial charge >= 0.3 is 0 Å². The van der Waals surface area contributed by atoms with Crippen LogP contribution in [0.1, 0.15) is 12.0 Å². The van der Waals surface area contributed by atoms with E-state index in [1.807, 2.05) is 31.0 Å². The van der Waals surface area contributed by atoms with E-state index in [1.54, 1.807) is 0 Å². The van der Waals surface area contributed by atoms with Crippen molar-refractivity contribution in [1.82, 2.24) is 0 Å². The van der Waals surface area contributed by atoms with Crippen LogP contribution in [-0.2, 0) is 9.84 Å². The van der Waals surface area contributed by atoms with Crippen molar-refractivity contribution in [1.29, 1.82) is 0 Å². The SMILES string of the molecule is Cc1cc(N(C)C2CCS(=O)(=O)C2)c(Br)cc1N. The van der Waals surface area contributed by atoms with Crippen molar-refractivity contribution in [3.8, 4) is 0 Å². The average molecular weight is 333 g/mol. The van der Waals surface area contributed by atoms with Gasteiger partial charge in [-0.3, -0.25) is 0 Å². The summed E-state index contributed by atoms with van der Waals surface area (Å²) in [5.74, 6) is 0.521. The zero-order valence-electron chi connectivity index (χ0n) is 10.5. The number of aryl methyl sites for hydroxylation is 1. The number of hydrogen-bond donors (Lipinski definition) is 1. The molecular weight excluding hydrogens is 316 g/mol. The molecule has 0 radical (unpaired) electrons. The summed E-state index contributed by atoms with van der Waals surface area (Å²) in [6.45, 7) is 1.95. The van der Waals surface area contributed by atoms with Crippen molar-refractivity contribution in [2.45, 2.75) is 19.4 Å². The molecule has 1 fully saturated rings. The molecule has 1 atom stereocenters. The van der Waals surface area contributed by atoms with Gasteiger partial charge in [-0.15, -0.1) is 0 Å². The molecule has 100 valence electrons. The molecule has 0 bridgehead atoms. The van der Waals surface area contributed by atoms with Crippen molar-refractivity contribution in [3.63, 3.8) is 0 Å². The van der Waals surface area contributed by atoms with Gasteiger partial charge < -0.3 is 10.6 Å². The number of nitrogens with two attached hydrogens (primary N) is 1. The van der Waals surface area contributed by atoms with Gasteiger partial charge in [-0.25, -0.2) is 8.42 Å². The van der Waals surface area contributed by atoms with Gasteiger partial charge in [0.2, 0.25) is 0 Å². The lowest BCUT2D eigenvalue weighted by Crippen LogP contribution is -2.32. The van der Waals surface area contributed by atoms with E-state index in [0.29, 0.717) is 6.42 Å². The zero-order chi connectivity index (χ0) is 13.5. The van der Waals surface area contributed by atoms with Crippen molar-refractivity contribution in [2.24, 2.45) is 0 Å². The number of rotatable bonds is 2. The van der Waals surface area contributed by atoms with E-state index < -0.39 is 9.84 Å². The second-order valence-corrected chi connectivity index (χ2v) is 7.91. The topological polar surface area (TPSA) is 63.4 Å². The third-order valence-corrected chi connectivity index (χ3v) is 5.86. The molecule has 1 aromatic carbocycles. The molecule has 1 heterocycles. The Hall–Kier alpha value is -0.750. The van der Waals surface area contributed by atoms with Crippen LogP contribution < -0.4 is 10.6 Å². The molecule has 2 rings (SSSR count). The van der Waals surface area contributed by atoms with Crippen LogP contribution >= 0.6 is 15.9 Å². The second kappa shape index (κ2) is 4.74. The number of nitrogen functional groups attached to an aromatic ring is 1. The number of benzene rings is 1. The first-order chi connectivity index (χ1) is 8.30. The minimum atomic E-state index is -2.86. The Morgan fingerprint density at radius 1 is 1.44 bits per heavy atom. The molecule has 4 nitrogen and oxygen atoms in total. The van der Waals surface area contributed by atoms with Crippen LogP contribution in [0.4, 0.5) is 11.4 Å². The Labute approximate surface area is 116 Å². The number of hydrogen-bond acceptors (Lipinski definition) is 4. The van der Waals surface area contributed by atoms with E-state index in [2.05, 4.69) is 15.9 Å². The number of nitrogens with zero attached hydrogens (tertiary/aromatic N) is 1. The average Bonchev–Trinajstić information content (AvgIpc) is 2.63. The van der Waals surface area contributed by atoms with E-state index in [0.717, 1.165) is 21.4 Å². The van der Waals surface area contributed by atoms with Crippen molar-refractivity contribution >= 4 is 37.1 Å². The lowest BCUT2D eigenvalue weighted by atomic mass is 10.1. The molecule has 1 unspecified atom stereocenters. The summed E-state index contributed by atoms with van der Waals surface area (Å²) in [4.78, 5) is 2.03. The molecule has 1 aliphatic heterocycles. The van der Waals surface area contributed by atoms with Gasteiger partial charge in [0, 0.05) is 23.2 Å². The fraction of sp³-hybridized carbons (Fsp3) is 0.500. The number of halogens is 1. The minimum Gasteiger partial charge on any atom is -0.398 e. The van der Waals surface area contributed by atoms with Crippen LogP contribution in [0.2, 0.25) is 0 Å². The summed E-state index contributed by atoms with van der Waals surface area (Å²) in [5, 5.41) is 0. The summed E-state index contributed by atoms with van der Waals surface area (Å²) in [5.41, 5.74) is 8.57. The highest BCUT2D eigenvalue weighted by atomic mass is 79.9. The minimum absolute atomic E-state index is 0.0503. The monoisotopic (exact) mass is 332 g/mol. The van der Waals surface area contributed by atoms with E-state index >= 15 is 0 Å². The molecule has 1 aliphatic rings. The molecule has 0 aliphatic carbocycles. The number of anilines is 2. The smallest absolute Gasteiger partial charge is 0.152 e. The van der Waals surface area contributed by atoms with E-state index in [-0.39, 0.29) is 17.5 Å². The Morgan fingerprint density at radius 3 is 2.67 bits per heavy atom. The third-order valence-electron chi connectivity index (χ3n) is 3.47. The standard InChI is InChI=1S/C12H17BrN2O2S/c1-8-5-12(10(13)6-11(8)14)15(2)9-3-4-18(16,17)7-9/h5-6,9H,3-4,7,14H2,1-2H3. The van der Waals surface area contributed by atoms with E-state index in [4.69, 9.17) is 5.73 Å². The van der Waals surface area contributed by atoms with Crippen LogP contribution in [0.5, 0.6) is 0 Å². The van der Waals surface area contributed by atoms with E-state index in [1.165, 1.54) is 0 Å². The molecule has 0 saturated carbocycles. The summed E-state index contributed by atoms with van der Waals surface area (Å²) >= 11 is 3.49. The molecular formula is C12H17BrN2O2S. The lowest BCUT2D eigenvalue weighted by molar-refractivity contribution is 0.601. The van der Waals surface area contributed by atoms with Crippen LogP contribution in [0.15, 0.2) is 16.6 Å². The second-order valence-electron chi connectivity index (χ2n) is 4.83. The highest BCUT2D eigenvalue weighted by Gasteiger charge is 2.31. The van der Waals surface area contributed by atoms with Crippen LogP contribution in [0, 0.1) is 6.92 Å². The van der Waals surface area contributed by atoms with Gasteiger partial charge in [0.15, 0.2) is 9.84 Å². The fourth-order valence-corrected chi connectivity index (χ4v) is 4.64. The van der Waals surface area contributed by atoms with Gasteiger partial charge in [0.1, 0.15) is 0 Å². The molecule has 6 heteroatoms. The van der Waals surface area contributed by atoms with Crippen LogP contribution in [0.25, 0.3) is 0 Å². The van der Waals surface area contributed by atoms with Crippen LogP contribution in [0.3, 0.4) is 0 Å². The first-order valence-corrected chi connectivity index (χ1v) is 8.40. The van der Waals surface area contributed by atoms with Gasteiger partial charge in [0.25, 0.3) is 0 Å². The first kappa shape index (κ1) is 13.7. The summed E-state index contributed by atoms with van der Waals surface area (Å²) < 4.78 is 23.9. The van der Waals surface area contributed by atoms with E-state index in [9.17, 15) is 8.42 Å². The van der Waals surface area contributed by atoms with Gasteiger partial charge in [-0.1, -0.05) is 0 Å². The van der Waals surface area contributed by atoms with Gasteiger partial charge in [-0.05, 0) is 47.0 Å². The predicted molar refractivity (Wildman–Crippen MR) is 78.8 cm³/mol. The highest BCUT2D eigenvalue weighted by molar-refractivity contribution is 9.10. The van der Waals surface area contributed by atoms with Crippen molar-refractivity contribution in [2.75, 3.05) is 29.2 Å². The molecule has 0 spiro atoms. The number of sulfone groups is 1. The Kier molecular flexibility index (Phi) is 3.60. The summed E-state index contributed by atoms with van der Waals surface area (Å²) in [7, 11) is -0.930. The highest BCUT2D eigenvalue weighted by Crippen LogP contribution is 2.33. The van der Waals surface area contributed by atoms with Crippen molar-refractivity contribution < 1.29 is 8.42 Å². The molecule has 1 saturated heterocycles. The van der Waals surface area contributed by atoms with Gasteiger partial charge in [-0.2, -0.15) is 0 Å². The Morgan fingerprint density at radius 2 is 2.11 bits per heavy atom. The van der Waals surface area contributed by atoms with Crippen LogP contribution in [-0.4, -0.2) is 33.0 Å². The Balaban J connectivity index is 2.30. The predicted octanol–water partition coefficient (Wildman–Crippen LogP) is 1.96. The van der Waals surface area contributed by atoms with Crippen molar-refractivity contribution in [3.05, 3.63) is 22.2 Å². The third kappa shape index (κ3) is 2.64. The molecule has 1 aromatic rings. The quantitative estimate of drug-likeness (QED) is 0.841. The normalized spacial score (nSPS) is 22.1.